The molecule has 28 heavy (non-hydrogen) atoms. The molecule has 0 radical (unpaired) electrons. The number of urea groups is 1. The van der Waals surface area contributed by atoms with Gasteiger partial charge in [0.15, 0.2) is 0 Å². The maximum absolute atomic E-state index is 13.5. The van der Waals surface area contributed by atoms with E-state index >= 15 is 0 Å². The maximum Gasteiger partial charge on any atom is 0.319 e. The molecule has 3 rings (SSSR count). The fourth-order valence-corrected chi connectivity index (χ4v) is 2.43. The summed E-state index contributed by atoms with van der Waals surface area (Å²) in [5.41, 5.74) is 1.67. The van der Waals surface area contributed by atoms with E-state index in [9.17, 15) is 13.6 Å². The van der Waals surface area contributed by atoms with Crippen molar-refractivity contribution in [3.63, 3.8) is 0 Å². The number of halogens is 2. The molecule has 8 nitrogen and oxygen atoms in total. The predicted molar refractivity (Wildman–Crippen MR) is 100 cm³/mol. The highest BCUT2D eigenvalue weighted by molar-refractivity contribution is 5.89. The molecule has 3 N–H and O–H groups in total. The van der Waals surface area contributed by atoms with Gasteiger partial charge in [0.1, 0.15) is 35.9 Å². The quantitative estimate of drug-likeness (QED) is 0.565. The highest BCUT2D eigenvalue weighted by atomic mass is 19.1. The summed E-state index contributed by atoms with van der Waals surface area (Å²) in [5, 5.41) is 7.87. The fourth-order valence-electron chi connectivity index (χ4n) is 2.43. The molecule has 0 saturated carbocycles. The van der Waals surface area contributed by atoms with Gasteiger partial charge in [0, 0.05) is 30.9 Å². The summed E-state index contributed by atoms with van der Waals surface area (Å²) in [7, 11) is 0. The Morgan fingerprint density at radius 2 is 1.93 bits per heavy atom. The van der Waals surface area contributed by atoms with E-state index in [4.69, 9.17) is 0 Å². The third kappa shape index (κ3) is 4.58. The summed E-state index contributed by atoms with van der Waals surface area (Å²) in [4.78, 5) is 24.4. The minimum absolute atomic E-state index is 0.225. The maximum atomic E-state index is 13.5. The molecule has 0 unspecified atom stereocenters. The second-order valence-corrected chi connectivity index (χ2v) is 5.98. The lowest BCUT2D eigenvalue weighted by Gasteiger charge is -2.10. The van der Waals surface area contributed by atoms with E-state index in [-0.39, 0.29) is 12.2 Å². The van der Waals surface area contributed by atoms with E-state index in [0.717, 1.165) is 29.6 Å². The predicted octanol–water partition coefficient (Wildman–Crippen LogP) is 2.79. The van der Waals surface area contributed by atoms with E-state index < -0.39 is 17.7 Å². The van der Waals surface area contributed by atoms with Crippen LogP contribution < -0.4 is 16.0 Å². The van der Waals surface area contributed by atoms with Gasteiger partial charge in [0.25, 0.3) is 0 Å². The van der Waals surface area contributed by atoms with Gasteiger partial charge in [-0.05, 0) is 26.0 Å². The fraction of sp³-hybridized carbons (Fsp3) is 0.222. The zero-order valence-corrected chi connectivity index (χ0v) is 15.3. The Bertz CT molecular complexity index is 990. The Kier molecular flexibility index (Phi) is 5.78. The van der Waals surface area contributed by atoms with E-state index in [0.29, 0.717) is 18.2 Å². The van der Waals surface area contributed by atoms with Crippen molar-refractivity contribution in [2.45, 2.75) is 13.8 Å². The molecule has 1 aromatic carbocycles. The summed E-state index contributed by atoms with van der Waals surface area (Å²) in [6.07, 6.45) is 3.12. The van der Waals surface area contributed by atoms with Crippen molar-refractivity contribution in [1.29, 1.82) is 0 Å². The van der Waals surface area contributed by atoms with Gasteiger partial charge in [-0.25, -0.2) is 28.5 Å². The third-order valence-corrected chi connectivity index (χ3v) is 4.04. The lowest BCUT2D eigenvalue weighted by atomic mass is 10.3. The Morgan fingerprint density at radius 1 is 1.11 bits per heavy atom. The van der Waals surface area contributed by atoms with Crippen LogP contribution in [0, 0.1) is 25.5 Å². The number of nitrogens with zero attached hydrogens (tertiary/aromatic N) is 4. The first-order valence-corrected chi connectivity index (χ1v) is 8.51. The summed E-state index contributed by atoms with van der Waals surface area (Å²) in [6.45, 7) is 4.48. The first-order chi connectivity index (χ1) is 13.4. The highest BCUT2D eigenvalue weighted by Crippen LogP contribution is 2.15. The van der Waals surface area contributed by atoms with Gasteiger partial charge in [-0.3, -0.25) is 4.57 Å². The number of rotatable bonds is 6. The monoisotopic (exact) mass is 387 g/mol. The molecule has 2 amide bonds. The molecule has 0 atom stereocenters. The smallest absolute Gasteiger partial charge is 0.319 e. The van der Waals surface area contributed by atoms with Crippen molar-refractivity contribution in [2.75, 3.05) is 23.7 Å². The zero-order chi connectivity index (χ0) is 20.1. The SMILES string of the molecule is Cc1ncn(-c2cc(NCCNC(=O)Nc3cc(F)ccc3F)ncn2)c1C. The first kappa shape index (κ1) is 19.2. The minimum atomic E-state index is -0.715. The second kappa shape index (κ2) is 8.42. The Balaban J connectivity index is 1.50. The van der Waals surface area contributed by atoms with Crippen LogP contribution in [0.4, 0.5) is 25.1 Å². The molecule has 2 heterocycles. The number of aryl methyl sites for hydroxylation is 1. The Labute approximate surface area is 160 Å². The number of imidazole rings is 1. The van der Waals surface area contributed by atoms with Gasteiger partial charge in [-0.2, -0.15) is 0 Å². The van der Waals surface area contributed by atoms with Crippen LogP contribution in [0.15, 0.2) is 36.9 Å². The molecular weight excluding hydrogens is 368 g/mol. The van der Waals surface area contributed by atoms with E-state index in [1.54, 1.807) is 12.4 Å². The molecular formula is C18H19F2N7O. The zero-order valence-electron chi connectivity index (χ0n) is 15.3. The molecule has 0 aliphatic heterocycles. The van der Waals surface area contributed by atoms with Crippen LogP contribution in [0.25, 0.3) is 5.82 Å². The lowest BCUT2D eigenvalue weighted by Crippen LogP contribution is -2.33. The average molecular weight is 387 g/mol. The average Bonchev–Trinajstić information content (AvgIpc) is 3.01. The Morgan fingerprint density at radius 3 is 2.68 bits per heavy atom. The second-order valence-electron chi connectivity index (χ2n) is 5.98. The number of hydrogen-bond donors (Lipinski definition) is 3. The molecule has 0 aliphatic carbocycles. The number of hydrogen-bond acceptors (Lipinski definition) is 5. The Hall–Kier alpha value is -3.56. The van der Waals surface area contributed by atoms with Gasteiger partial charge in [-0.1, -0.05) is 0 Å². The lowest BCUT2D eigenvalue weighted by molar-refractivity contribution is 0.252. The van der Waals surface area contributed by atoms with Crippen molar-refractivity contribution in [2.24, 2.45) is 0 Å². The topological polar surface area (TPSA) is 96.8 Å². The molecule has 2 aromatic heterocycles. The van der Waals surface area contributed by atoms with Gasteiger partial charge in [0.05, 0.1) is 11.4 Å². The van der Waals surface area contributed by atoms with Crippen molar-refractivity contribution in [3.05, 3.63) is 59.9 Å². The number of anilines is 2. The summed E-state index contributed by atoms with van der Waals surface area (Å²) >= 11 is 0. The molecule has 0 bridgehead atoms. The van der Waals surface area contributed by atoms with Crippen LogP contribution in [0.3, 0.4) is 0 Å². The molecule has 10 heteroatoms. The van der Waals surface area contributed by atoms with Crippen LogP contribution in [-0.4, -0.2) is 38.6 Å². The normalized spacial score (nSPS) is 10.6. The standard InChI is InChI=1S/C18H19F2N7O/c1-11-12(2)27(10-25-11)17-8-16(23-9-24-17)21-5-6-22-18(28)26-15-7-13(19)3-4-14(15)20/h3-4,7-10H,5-6H2,1-2H3,(H,21,23,24)(H2,22,26,28). The van der Waals surface area contributed by atoms with Crippen LogP contribution in [0.2, 0.25) is 0 Å². The molecule has 0 saturated heterocycles. The number of carbonyl (C=O) groups is 1. The number of nitrogens with one attached hydrogen (secondary N) is 3. The molecule has 146 valence electrons. The van der Waals surface area contributed by atoms with Gasteiger partial charge in [0.2, 0.25) is 0 Å². The summed E-state index contributed by atoms with van der Waals surface area (Å²) < 4.78 is 28.5. The van der Waals surface area contributed by atoms with Gasteiger partial charge in [-0.15, -0.1) is 0 Å². The first-order valence-electron chi connectivity index (χ1n) is 8.51. The van der Waals surface area contributed by atoms with Crippen molar-refractivity contribution < 1.29 is 13.6 Å². The van der Waals surface area contributed by atoms with Crippen LogP contribution >= 0.6 is 0 Å². The number of amides is 2. The van der Waals surface area contributed by atoms with Crippen LogP contribution in [-0.2, 0) is 0 Å². The van der Waals surface area contributed by atoms with Crippen LogP contribution in [0.1, 0.15) is 11.4 Å². The largest absolute Gasteiger partial charge is 0.368 e. The molecule has 0 spiro atoms. The van der Waals surface area contributed by atoms with E-state index in [2.05, 4.69) is 30.9 Å². The minimum Gasteiger partial charge on any atom is -0.368 e. The number of benzene rings is 1. The third-order valence-electron chi connectivity index (χ3n) is 4.04. The number of aromatic nitrogens is 4. The van der Waals surface area contributed by atoms with Gasteiger partial charge >= 0.3 is 6.03 Å². The summed E-state index contributed by atoms with van der Waals surface area (Å²) in [6, 6.07) is 3.96. The molecule has 0 aliphatic rings. The summed E-state index contributed by atoms with van der Waals surface area (Å²) in [5.74, 6) is -0.105. The highest BCUT2D eigenvalue weighted by Gasteiger charge is 2.08. The van der Waals surface area contributed by atoms with Crippen LogP contribution in [0.5, 0.6) is 0 Å². The molecule has 3 aromatic rings. The van der Waals surface area contributed by atoms with Gasteiger partial charge < -0.3 is 16.0 Å². The van der Waals surface area contributed by atoms with Crippen molar-refractivity contribution in [1.82, 2.24) is 24.8 Å². The molecule has 0 fully saturated rings. The van der Waals surface area contributed by atoms with E-state index in [1.807, 2.05) is 18.4 Å². The van der Waals surface area contributed by atoms with E-state index in [1.165, 1.54) is 6.33 Å². The van der Waals surface area contributed by atoms with Crippen molar-refractivity contribution in [3.8, 4) is 5.82 Å². The van der Waals surface area contributed by atoms with Crippen molar-refractivity contribution >= 4 is 17.5 Å². The number of carbonyl (C=O) groups excluding carboxylic acids is 1.